The quantitative estimate of drug-likeness (QED) is 0.765. The molecule has 0 saturated heterocycles. The molecule has 130 valence electrons. The number of sulfonamides is 1. The number of fused-ring (bicyclic) bond motifs is 2. The lowest BCUT2D eigenvalue weighted by molar-refractivity contribution is 0.174. The van der Waals surface area contributed by atoms with Crippen molar-refractivity contribution in [1.82, 2.24) is 4.57 Å². The fourth-order valence-electron chi connectivity index (χ4n) is 2.72. The summed E-state index contributed by atoms with van der Waals surface area (Å²) in [6.45, 7) is 1.76. The average molecular weight is 362 g/mol. The number of aryl methyl sites for hydroxylation is 2. The van der Waals surface area contributed by atoms with Crippen molar-refractivity contribution < 1.29 is 22.3 Å². The van der Waals surface area contributed by atoms with Crippen molar-refractivity contribution in [2.45, 2.75) is 11.8 Å². The Morgan fingerprint density at radius 2 is 1.88 bits per heavy atom. The van der Waals surface area contributed by atoms with E-state index in [0.29, 0.717) is 28.3 Å². The van der Waals surface area contributed by atoms with Gasteiger partial charge in [0.2, 0.25) is 6.79 Å². The highest BCUT2D eigenvalue weighted by Crippen LogP contribution is 2.35. The van der Waals surface area contributed by atoms with E-state index in [1.54, 1.807) is 38.2 Å². The first-order chi connectivity index (χ1) is 11.8. The molecule has 0 atom stereocenters. The van der Waals surface area contributed by atoms with Crippen LogP contribution >= 0.6 is 0 Å². The van der Waals surface area contributed by atoms with Crippen LogP contribution in [0.5, 0.6) is 11.5 Å². The minimum absolute atomic E-state index is 0.0343. The van der Waals surface area contributed by atoms with Gasteiger partial charge in [-0.2, -0.15) is 0 Å². The molecule has 1 aromatic heterocycles. The lowest BCUT2D eigenvalue weighted by Crippen LogP contribution is -2.14. The summed E-state index contributed by atoms with van der Waals surface area (Å²) >= 11 is 0. The molecule has 4 rings (SSSR count). The molecule has 0 saturated carbocycles. The Morgan fingerprint density at radius 1 is 1.12 bits per heavy atom. The highest BCUT2D eigenvalue weighted by atomic mass is 32.2. The number of rotatable bonds is 3. The van der Waals surface area contributed by atoms with Crippen molar-refractivity contribution in [2.24, 2.45) is 7.05 Å². The van der Waals surface area contributed by atoms with Gasteiger partial charge in [-0.1, -0.05) is 0 Å². The summed E-state index contributed by atoms with van der Waals surface area (Å²) < 4.78 is 44.9. The zero-order valence-electron chi connectivity index (χ0n) is 13.4. The highest BCUT2D eigenvalue weighted by molar-refractivity contribution is 7.92. The van der Waals surface area contributed by atoms with Gasteiger partial charge in [0.15, 0.2) is 17.1 Å². The van der Waals surface area contributed by atoms with Crippen molar-refractivity contribution in [1.29, 1.82) is 0 Å². The van der Waals surface area contributed by atoms with Gasteiger partial charge in [0.1, 0.15) is 0 Å². The summed E-state index contributed by atoms with van der Waals surface area (Å²) in [4.78, 5) is 11.6. The van der Waals surface area contributed by atoms with Crippen LogP contribution in [-0.4, -0.2) is 19.8 Å². The van der Waals surface area contributed by atoms with Crippen molar-refractivity contribution in [3.63, 3.8) is 0 Å². The van der Waals surface area contributed by atoms with Crippen LogP contribution in [0.15, 0.2) is 44.4 Å². The number of hydrogen-bond donors (Lipinski definition) is 1. The molecule has 1 N–H and O–H groups in total. The van der Waals surface area contributed by atoms with Crippen LogP contribution in [-0.2, 0) is 17.1 Å². The molecule has 25 heavy (non-hydrogen) atoms. The van der Waals surface area contributed by atoms with Gasteiger partial charge < -0.3 is 13.9 Å². The van der Waals surface area contributed by atoms with Gasteiger partial charge in [-0.05, 0) is 30.7 Å². The molecule has 0 unspecified atom stereocenters. The molecule has 1 aliphatic heterocycles. The molecule has 9 heteroatoms. The van der Waals surface area contributed by atoms with Crippen molar-refractivity contribution in [2.75, 3.05) is 11.5 Å². The highest BCUT2D eigenvalue weighted by Gasteiger charge is 2.22. The van der Waals surface area contributed by atoms with Crippen LogP contribution in [0.1, 0.15) is 5.56 Å². The van der Waals surface area contributed by atoms with E-state index in [9.17, 15) is 13.2 Å². The maximum absolute atomic E-state index is 12.7. The first kappa shape index (κ1) is 15.6. The van der Waals surface area contributed by atoms with Crippen LogP contribution in [0.3, 0.4) is 0 Å². The van der Waals surface area contributed by atoms with E-state index in [2.05, 4.69) is 4.72 Å². The van der Waals surface area contributed by atoms with E-state index in [0.717, 1.165) is 0 Å². The number of ether oxygens (including phenoxy) is 2. The third kappa shape index (κ3) is 2.52. The maximum Gasteiger partial charge on any atom is 0.419 e. The summed E-state index contributed by atoms with van der Waals surface area (Å²) in [5.74, 6) is 0.487. The van der Waals surface area contributed by atoms with Crippen LogP contribution in [0.25, 0.3) is 11.1 Å². The molecule has 2 aromatic carbocycles. The van der Waals surface area contributed by atoms with Gasteiger partial charge in [0.25, 0.3) is 10.0 Å². The summed E-state index contributed by atoms with van der Waals surface area (Å²) in [5.41, 5.74) is 1.59. The molecule has 8 nitrogen and oxygen atoms in total. The van der Waals surface area contributed by atoms with E-state index in [1.165, 1.54) is 10.6 Å². The van der Waals surface area contributed by atoms with Gasteiger partial charge >= 0.3 is 5.76 Å². The Bertz CT molecular complexity index is 1160. The SMILES string of the molecule is Cc1cc2c(cc1S(=O)(=O)Nc1ccc3c(c1)OCO3)oc(=O)n2C. The number of benzene rings is 2. The first-order valence-corrected chi connectivity index (χ1v) is 8.86. The Morgan fingerprint density at radius 3 is 2.68 bits per heavy atom. The van der Waals surface area contributed by atoms with Gasteiger partial charge in [-0.3, -0.25) is 9.29 Å². The molecular weight excluding hydrogens is 348 g/mol. The van der Waals surface area contributed by atoms with Crippen LogP contribution in [0.2, 0.25) is 0 Å². The molecule has 0 amide bonds. The molecule has 0 spiro atoms. The zero-order chi connectivity index (χ0) is 17.8. The first-order valence-electron chi connectivity index (χ1n) is 7.38. The van der Waals surface area contributed by atoms with Gasteiger partial charge in [-0.15, -0.1) is 0 Å². The third-order valence-corrected chi connectivity index (χ3v) is 5.53. The second-order valence-corrected chi connectivity index (χ2v) is 7.34. The fraction of sp³-hybridized carbons (Fsp3) is 0.188. The van der Waals surface area contributed by atoms with Gasteiger partial charge in [0, 0.05) is 19.2 Å². The second-order valence-electron chi connectivity index (χ2n) is 5.69. The van der Waals surface area contributed by atoms with Crippen molar-refractivity contribution in [3.8, 4) is 11.5 Å². The normalized spacial score (nSPS) is 13.4. The molecule has 1 aliphatic rings. The van der Waals surface area contributed by atoms with E-state index < -0.39 is 15.8 Å². The second kappa shape index (κ2) is 5.28. The molecule has 0 fully saturated rings. The summed E-state index contributed by atoms with van der Waals surface area (Å²) in [5, 5.41) is 0. The standard InChI is InChI=1S/C16H14N2O6S/c1-9-5-11-13(24-16(19)18(11)2)7-15(9)25(20,21)17-10-3-4-12-14(6-10)23-8-22-12/h3-7,17H,8H2,1-2H3. The van der Waals surface area contributed by atoms with Gasteiger partial charge in [0.05, 0.1) is 16.1 Å². The molecule has 0 bridgehead atoms. The van der Waals surface area contributed by atoms with Crippen LogP contribution in [0.4, 0.5) is 5.69 Å². The Balaban J connectivity index is 1.76. The Labute approximate surface area is 142 Å². The van der Waals surface area contributed by atoms with E-state index in [1.807, 2.05) is 0 Å². The summed E-state index contributed by atoms with van der Waals surface area (Å²) in [7, 11) is -2.31. The Hall–Kier alpha value is -2.94. The number of aromatic nitrogens is 1. The number of hydrogen-bond acceptors (Lipinski definition) is 6. The average Bonchev–Trinajstić information content (AvgIpc) is 3.12. The summed E-state index contributed by atoms with van der Waals surface area (Å²) in [6.07, 6.45) is 0. The zero-order valence-corrected chi connectivity index (χ0v) is 14.2. The molecule has 0 radical (unpaired) electrons. The van der Waals surface area contributed by atoms with E-state index in [4.69, 9.17) is 13.9 Å². The molecular formula is C16H14N2O6S. The van der Waals surface area contributed by atoms with Crippen LogP contribution < -0.4 is 20.0 Å². The number of nitrogens with one attached hydrogen (secondary N) is 1. The largest absolute Gasteiger partial charge is 0.454 e. The predicted octanol–water partition coefficient (Wildman–Crippen LogP) is 1.97. The minimum atomic E-state index is -3.87. The number of anilines is 1. The smallest absolute Gasteiger partial charge is 0.419 e. The Kier molecular flexibility index (Phi) is 3.29. The molecule has 0 aliphatic carbocycles. The lowest BCUT2D eigenvalue weighted by Gasteiger charge is -2.11. The van der Waals surface area contributed by atoms with Crippen molar-refractivity contribution >= 4 is 26.8 Å². The fourth-order valence-corrected chi connectivity index (χ4v) is 4.01. The molecule has 2 heterocycles. The summed E-state index contributed by atoms with van der Waals surface area (Å²) in [6, 6.07) is 7.72. The molecule has 3 aromatic rings. The van der Waals surface area contributed by atoms with Crippen molar-refractivity contribution in [3.05, 3.63) is 46.4 Å². The maximum atomic E-state index is 12.7. The topological polar surface area (TPSA) is 99.8 Å². The van der Waals surface area contributed by atoms with E-state index >= 15 is 0 Å². The minimum Gasteiger partial charge on any atom is -0.454 e. The predicted molar refractivity (Wildman–Crippen MR) is 89.6 cm³/mol. The number of nitrogens with zero attached hydrogens (tertiary/aromatic N) is 1. The number of oxazole rings is 1. The van der Waals surface area contributed by atoms with E-state index in [-0.39, 0.29) is 17.3 Å². The lowest BCUT2D eigenvalue weighted by atomic mass is 10.2. The van der Waals surface area contributed by atoms with Gasteiger partial charge in [-0.25, -0.2) is 13.2 Å². The third-order valence-electron chi connectivity index (χ3n) is 4.00. The monoisotopic (exact) mass is 362 g/mol. The van der Waals surface area contributed by atoms with Crippen LogP contribution in [0, 0.1) is 6.92 Å².